The van der Waals surface area contributed by atoms with Gasteiger partial charge in [-0.05, 0) is 32.4 Å². The first kappa shape index (κ1) is 20.1. The van der Waals surface area contributed by atoms with Crippen LogP contribution in [0.2, 0.25) is 0 Å². The molecule has 1 aliphatic rings. The molecule has 6 nitrogen and oxygen atoms in total. The summed E-state index contributed by atoms with van der Waals surface area (Å²) in [5, 5.41) is 0. The normalized spacial score (nSPS) is 14.5. The number of aryl methyl sites for hydroxylation is 3. The summed E-state index contributed by atoms with van der Waals surface area (Å²) < 4.78 is 5.75. The fourth-order valence-electron chi connectivity index (χ4n) is 3.37. The summed E-state index contributed by atoms with van der Waals surface area (Å²) in [7, 11) is 0. The molecule has 150 valence electrons. The molecule has 6 heteroatoms. The smallest absolute Gasteiger partial charge is 0.260 e. The van der Waals surface area contributed by atoms with Crippen LogP contribution in [-0.2, 0) is 4.79 Å². The van der Waals surface area contributed by atoms with Crippen LogP contribution in [-0.4, -0.2) is 53.6 Å². The topological polar surface area (TPSA) is 58.6 Å². The van der Waals surface area contributed by atoms with E-state index in [0.29, 0.717) is 19.0 Å². The van der Waals surface area contributed by atoms with Crippen molar-refractivity contribution >= 4 is 11.7 Å². The molecule has 0 N–H and O–H groups in total. The first-order valence-corrected chi connectivity index (χ1v) is 9.92. The minimum absolute atomic E-state index is 0.0290. The van der Waals surface area contributed by atoms with Crippen molar-refractivity contribution in [1.29, 1.82) is 0 Å². The van der Waals surface area contributed by atoms with Crippen LogP contribution in [0.15, 0.2) is 24.3 Å². The Kier molecular flexibility index (Phi) is 6.17. The fraction of sp³-hybridized carbons (Fsp3) is 0.500. The highest BCUT2D eigenvalue weighted by molar-refractivity contribution is 5.78. The lowest BCUT2D eigenvalue weighted by molar-refractivity contribution is -0.133. The molecule has 1 fully saturated rings. The Morgan fingerprint density at radius 2 is 1.79 bits per heavy atom. The number of rotatable bonds is 5. The minimum Gasteiger partial charge on any atom is -0.484 e. The highest BCUT2D eigenvalue weighted by Gasteiger charge is 2.23. The van der Waals surface area contributed by atoms with Crippen molar-refractivity contribution in [2.75, 3.05) is 37.7 Å². The number of ether oxygens (including phenoxy) is 1. The highest BCUT2D eigenvalue weighted by atomic mass is 16.5. The molecule has 3 rings (SSSR count). The molecule has 0 bridgehead atoms. The largest absolute Gasteiger partial charge is 0.484 e. The van der Waals surface area contributed by atoms with Gasteiger partial charge >= 0.3 is 0 Å². The first-order valence-electron chi connectivity index (χ1n) is 9.92. The second-order valence-electron chi connectivity index (χ2n) is 7.81. The molecule has 1 amide bonds. The summed E-state index contributed by atoms with van der Waals surface area (Å²) in [5.41, 5.74) is 3.22. The number of hydrogen-bond acceptors (Lipinski definition) is 5. The van der Waals surface area contributed by atoms with Crippen molar-refractivity contribution in [1.82, 2.24) is 14.9 Å². The van der Waals surface area contributed by atoms with Crippen molar-refractivity contribution in [3.8, 4) is 5.75 Å². The van der Waals surface area contributed by atoms with Gasteiger partial charge in [0.05, 0.1) is 0 Å². The van der Waals surface area contributed by atoms with Crippen LogP contribution >= 0.6 is 0 Å². The summed E-state index contributed by atoms with van der Waals surface area (Å²) in [6, 6.07) is 8.01. The lowest BCUT2D eigenvalue weighted by atomic mass is 10.1. The zero-order valence-corrected chi connectivity index (χ0v) is 17.5. The van der Waals surface area contributed by atoms with Crippen LogP contribution in [0, 0.1) is 20.8 Å². The van der Waals surface area contributed by atoms with Crippen LogP contribution < -0.4 is 9.64 Å². The molecule has 0 atom stereocenters. The van der Waals surface area contributed by atoms with E-state index < -0.39 is 0 Å². The van der Waals surface area contributed by atoms with Gasteiger partial charge in [-0.25, -0.2) is 9.97 Å². The van der Waals surface area contributed by atoms with Gasteiger partial charge in [0.15, 0.2) is 6.61 Å². The molecule has 0 spiro atoms. The number of aromatic nitrogens is 2. The molecule has 0 radical (unpaired) electrons. The van der Waals surface area contributed by atoms with E-state index in [-0.39, 0.29) is 12.5 Å². The molecule has 2 heterocycles. The quantitative estimate of drug-likeness (QED) is 0.794. The van der Waals surface area contributed by atoms with E-state index in [4.69, 9.17) is 9.72 Å². The Labute approximate surface area is 167 Å². The minimum atomic E-state index is 0.0290. The third-order valence-corrected chi connectivity index (χ3v) is 5.01. The predicted molar refractivity (Wildman–Crippen MR) is 111 cm³/mol. The van der Waals surface area contributed by atoms with E-state index >= 15 is 0 Å². The molecular weight excluding hydrogens is 352 g/mol. The van der Waals surface area contributed by atoms with Crippen molar-refractivity contribution < 1.29 is 9.53 Å². The van der Waals surface area contributed by atoms with Crippen LogP contribution in [0.1, 0.15) is 42.4 Å². The van der Waals surface area contributed by atoms with Crippen molar-refractivity contribution in [3.63, 3.8) is 0 Å². The van der Waals surface area contributed by atoms with Gasteiger partial charge < -0.3 is 14.5 Å². The lowest BCUT2D eigenvalue weighted by Gasteiger charge is -2.35. The maximum Gasteiger partial charge on any atom is 0.260 e. The van der Waals surface area contributed by atoms with E-state index in [1.807, 2.05) is 43.9 Å². The molecule has 1 saturated heterocycles. The van der Waals surface area contributed by atoms with Crippen LogP contribution in [0.3, 0.4) is 0 Å². The molecule has 28 heavy (non-hydrogen) atoms. The Bertz CT molecular complexity index is 842. The van der Waals surface area contributed by atoms with Gasteiger partial charge in [-0.2, -0.15) is 0 Å². The Balaban J connectivity index is 1.55. The standard InChI is InChI=1S/C22H30N4O2/c1-15(2)22-23-18(5)13-20(24-22)25-8-10-26(11-9-25)21(27)14-28-19-7-6-16(3)12-17(19)4/h6-7,12-13,15H,8-11,14H2,1-5H3. The number of carbonyl (C=O) groups is 1. The van der Waals surface area contributed by atoms with Gasteiger partial charge in [-0.1, -0.05) is 31.5 Å². The van der Waals surface area contributed by atoms with Crippen LogP contribution in [0.5, 0.6) is 5.75 Å². The SMILES string of the molecule is Cc1ccc(OCC(=O)N2CCN(c3cc(C)nc(C(C)C)n3)CC2)c(C)c1. The maximum absolute atomic E-state index is 12.5. The van der Waals surface area contributed by atoms with Crippen molar-refractivity contribution in [2.24, 2.45) is 0 Å². The summed E-state index contributed by atoms with van der Waals surface area (Å²) in [6.07, 6.45) is 0. The Morgan fingerprint density at radius 1 is 1.07 bits per heavy atom. The van der Waals surface area contributed by atoms with Gasteiger partial charge in [0, 0.05) is 43.9 Å². The number of nitrogens with zero attached hydrogens (tertiary/aromatic N) is 4. The number of anilines is 1. The summed E-state index contributed by atoms with van der Waals surface area (Å²) in [5.74, 6) is 2.92. The second-order valence-corrected chi connectivity index (χ2v) is 7.81. The molecule has 0 aliphatic carbocycles. The van der Waals surface area contributed by atoms with Gasteiger partial charge in [-0.15, -0.1) is 0 Å². The maximum atomic E-state index is 12.5. The number of carbonyl (C=O) groups excluding carboxylic acids is 1. The molecule has 2 aromatic rings. The van der Waals surface area contributed by atoms with Gasteiger partial charge in [0.25, 0.3) is 5.91 Å². The summed E-state index contributed by atoms with van der Waals surface area (Å²) in [6.45, 7) is 13.2. The average molecular weight is 383 g/mol. The van der Waals surface area contributed by atoms with Crippen molar-refractivity contribution in [2.45, 2.75) is 40.5 Å². The zero-order valence-electron chi connectivity index (χ0n) is 17.5. The highest BCUT2D eigenvalue weighted by Crippen LogP contribution is 2.20. The number of amides is 1. The average Bonchev–Trinajstić information content (AvgIpc) is 2.66. The van der Waals surface area contributed by atoms with E-state index in [1.165, 1.54) is 5.56 Å². The zero-order chi connectivity index (χ0) is 20.3. The number of hydrogen-bond donors (Lipinski definition) is 0. The molecule has 0 unspecified atom stereocenters. The second kappa shape index (κ2) is 8.59. The van der Waals surface area contributed by atoms with E-state index in [1.54, 1.807) is 0 Å². The third kappa shape index (κ3) is 4.80. The van der Waals surface area contributed by atoms with E-state index in [2.05, 4.69) is 29.8 Å². The van der Waals surface area contributed by atoms with Crippen LogP contribution in [0.4, 0.5) is 5.82 Å². The van der Waals surface area contributed by atoms with Crippen molar-refractivity contribution in [3.05, 3.63) is 46.9 Å². The Morgan fingerprint density at radius 3 is 2.43 bits per heavy atom. The lowest BCUT2D eigenvalue weighted by Crippen LogP contribution is -2.50. The Hall–Kier alpha value is -2.63. The predicted octanol–water partition coefficient (Wildman–Crippen LogP) is 3.25. The monoisotopic (exact) mass is 382 g/mol. The number of piperazine rings is 1. The molecule has 1 aromatic carbocycles. The van der Waals surface area contributed by atoms with E-state index in [0.717, 1.165) is 41.7 Å². The third-order valence-electron chi connectivity index (χ3n) is 5.01. The number of benzene rings is 1. The molecule has 1 aliphatic heterocycles. The van der Waals surface area contributed by atoms with Crippen LogP contribution in [0.25, 0.3) is 0 Å². The van der Waals surface area contributed by atoms with Gasteiger partial charge in [-0.3, -0.25) is 4.79 Å². The molecule has 1 aromatic heterocycles. The first-order chi connectivity index (χ1) is 13.3. The summed E-state index contributed by atoms with van der Waals surface area (Å²) in [4.78, 5) is 25.9. The summed E-state index contributed by atoms with van der Waals surface area (Å²) >= 11 is 0. The van der Waals surface area contributed by atoms with Gasteiger partial charge in [0.2, 0.25) is 0 Å². The molecule has 0 saturated carbocycles. The van der Waals surface area contributed by atoms with Gasteiger partial charge in [0.1, 0.15) is 17.4 Å². The van der Waals surface area contributed by atoms with E-state index in [9.17, 15) is 4.79 Å². The fourth-order valence-corrected chi connectivity index (χ4v) is 3.37. The molecular formula is C22H30N4O2.